The molecule has 8 heteroatoms. The summed E-state index contributed by atoms with van der Waals surface area (Å²) < 4.78 is 7.46. The Hall–Kier alpha value is -1.89. The molecule has 1 aliphatic rings. The third-order valence-corrected chi connectivity index (χ3v) is 5.21. The van der Waals surface area contributed by atoms with E-state index in [1.165, 1.54) is 0 Å². The number of rotatable bonds is 3. The van der Waals surface area contributed by atoms with Crippen LogP contribution in [0, 0.1) is 0 Å². The number of nitrogens with zero attached hydrogens (tertiary/aromatic N) is 4. The van der Waals surface area contributed by atoms with Crippen LogP contribution in [0.5, 0.6) is 0 Å². The molecule has 0 saturated heterocycles. The molecule has 4 rings (SSSR count). The van der Waals surface area contributed by atoms with E-state index in [1.54, 1.807) is 0 Å². The van der Waals surface area contributed by atoms with Crippen LogP contribution in [-0.2, 0) is 11.1 Å². The lowest BCUT2D eigenvalue weighted by Gasteiger charge is -2.34. The molecule has 1 aromatic carbocycles. The lowest BCUT2D eigenvalue weighted by Crippen LogP contribution is -2.44. The molecule has 144 valence electrons. The van der Waals surface area contributed by atoms with Crippen LogP contribution in [0.1, 0.15) is 45.9 Å². The minimum atomic E-state index is -0.466. The van der Waals surface area contributed by atoms with Crippen molar-refractivity contribution in [3.05, 3.63) is 41.3 Å². The van der Waals surface area contributed by atoms with E-state index in [0.29, 0.717) is 16.7 Å². The predicted molar refractivity (Wildman–Crippen MR) is 108 cm³/mol. The number of halogens is 2. The topological polar surface area (TPSA) is 82.8 Å². The Kier molecular flexibility index (Phi) is 5.10. The van der Waals surface area contributed by atoms with Gasteiger partial charge in [-0.25, -0.2) is 0 Å². The fourth-order valence-corrected chi connectivity index (χ4v) is 3.27. The van der Waals surface area contributed by atoms with Gasteiger partial charge < -0.3 is 10.3 Å². The number of aromatic nitrogens is 4. The Morgan fingerprint density at radius 1 is 1.19 bits per heavy atom. The zero-order valence-electron chi connectivity index (χ0n) is 15.6. The fourth-order valence-electron chi connectivity index (χ4n) is 3.04. The second-order valence-corrected chi connectivity index (χ2v) is 8.33. The molecule has 2 N–H and O–H groups in total. The zero-order chi connectivity index (χ0) is 18.5. The first-order valence-corrected chi connectivity index (χ1v) is 9.14. The van der Waals surface area contributed by atoms with Crippen LogP contribution >= 0.6 is 24.0 Å². The average Bonchev–Trinajstić information content (AvgIpc) is 3.19. The Labute approximate surface area is 169 Å². The number of hydrogen-bond donors (Lipinski definition) is 1. The largest absolute Gasteiger partial charge is 0.334 e. The van der Waals surface area contributed by atoms with Crippen LogP contribution in [0.4, 0.5) is 0 Å². The summed E-state index contributed by atoms with van der Waals surface area (Å²) in [4.78, 5) is 4.59. The summed E-state index contributed by atoms with van der Waals surface area (Å²) in [5.41, 5.74) is 7.99. The smallest absolute Gasteiger partial charge is 0.261 e. The first-order valence-electron chi connectivity index (χ1n) is 8.76. The van der Waals surface area contributed by atoms with Gasteiger partial charge in [0.2, 0.25) is 0 Å². The minimum absolute atomic E-state index is 0. The van der Waals surface area contributed by atoms with Gasteiger partial charge in [0.15, 0.2) is 5.82 Å². The first kappa shape index (κ1) is 19.9. The molecule has 0 spiro atoms. The maximum atomic E-state index is 6.42. The molecule has 1 aliphatic carbocycles. The van der Waals surface area contributed by atoms with Crippen molar-refractivity contribution >= 4 is 24.0 Å². The summed E-state index contributed by atoms with van der Waals surface area (Å²) in [6.07, 6.45) is 4.78. The first-order chi connectivity index (χ1) is 12.3. The molecule has 0 unspecified atom stereocenters. The van der Waals surface area contributed by atoms with E-state index in [9.17, 15) is 0 Å². The maximum absolute atomic E-state index is 6.42. The van der Waals surface area contributed by atoms with E-state index < -0.39 is 5.54 Å². The Balaban J connectivity index is 0.00000210. The molecule has 0 aliphatic heterocycles. The highest BCUT2D eigenvalue weighted by Crippen LogP contribution is 2.39. The van der Waals surface area contributed by atoms with Crippen molar-refractivity contribution < 1.29 is 4.52 Å². The van der Waals surface area contributed by atoms with E-state index in [2.05, 4.69) is 30.9 Å². The zero-order valence-corrected chi connectivity index (χ0v) is 17.1. The lowest BCUT2D eigenvalue weighted by molar-refractivity contribution is 0.229. The molecule has 1 fully saturated rings. The molecular weight excluding hydrogens is 385 g/mol. The van der Waals surface area contributed by atoms with Gasteiger partial charge in [0.1, 0.15) is 5.69 Å². The number of hydrogen-bond acceptors (Lipinski definition) is 5. The standard InChI is InChI=1S/C19H22ClN5O.ClH/c1-18(2,3)25-11-13(15(23-25)12-7-4-5-8-14(12)20)16-22-17(24-26-16)19(21)9-6-10-19;/h4-5,7-8,11H,6,9-10,21H2,1-3H3;1H. The van der Waals surface area contributed by atoms with Crippen molar-refractivity contribution in [1.29, 1.82) is 0 Å². The highest BCUT2D eigenvalue weighted by atomic mass is 35.5. The number of nitrogens with two attached hydrogens (primary N) is 1. The molecule has 27 heavy (non-hydrogen) atoms. The molecule has 0 atom stereocenters. The second kappa shape index (κ2) is 6.93. The molecule has 3 aromatic rings. The van der Waals surface area contributed by atoms with Crippen LogP contribution < -0.4 is 5.73 Å². The van der Waals surface area contributed by atoms with Gasteiger partial charge >= 0.3 is 0 Å². The summed E-state index contributed by atoms with van der Waals surface area (Å²) in [5, 5.41) is 9.53. The molecule has 0 bridgehead atoms. The molecular formula is C19H23Cl2N5O. The van der Waals surface area contributed by atoms with Gasteiger partial charge in [0.25, 0.3) is 5.89 Å². The van der Waals surface area contributed by atoms with Crippen molar-refractivity contribution in [2.75, 3.05) is 0 Å². The fraction of sp³-hybridized carbons (Fsp3) is 0.421. The molecule has 2 heterocycles. The van der Waals surface area contributed by atoms with Crippen molar-refractivity contribution in [3.8, 4) is 22.7 Å². The summed E-state index contributed by atoms with van der Waals surface area (Å²) in [5.74, 6) is 0.981. The van der Waals surface area contributed by atoms with Gasteiger partial charge in [0.05, 0.1) is 21.7 Å². The Morgan fingerprint density at radius 3 is 2.48 bits per heavy atom. The van der Waals surface area contributed by atoms with Gasteiger partial charge in [0, 0.05) is 11.8 Å². The van der Waals surface area contributed by atoms with Crippen LogP contribution in [0.25, 0.3) is 22.7 Å². The van der Waals surface area contributed by atoms with Gasteiger partial charge in [-0.05, 0) is 46.1 Å². The summed E-state index contributed by atoms with van der Waals surface area (Å²) in [6.45, 7) is 6.26. The van der Waals surface area contributed by atoms with Crippen molar-refractivity contribution in [3.63, 3.8) is 0 Å². The maximum Gasteiger partial charge on any atom is 0.261 e. The summed E-state index contributed by atoms with van der Waals surface area (Å²) in [6, 6.07) is 7.61. The third kappa shape index (κ3) is 3.49. The highest BCUT2D eigenvalue weighted by Gasteiger charge is 2.39. The van der Waals surface area contributed by atoms with E-state index in [1.807, 2.05) is 35.1 Å². The SMILES string of the molecule is CC(C)(C)n1cc(-c2nc(C3(N)CCC3)no2)c(-c2ccccc2Cl)n1.Cl. The third-order valence-electron chi connectivity index (χ3n) is 4.88. The Bertz CT molecular complexity index is 953. The van der Waals surface area contributed by atoms with Crippen LogP contribution in [0.3, 0.4) is 0 Å². The van der Waals surface area contributed by atoms with E-state index in [0.717, 1.165) is 36.1 Å². The lowest BCUT2D eigenvalue weighted by atomic mass is 9.77. The van der Waals surface area contributed by atoms with Crippen molar-refractivity contribution in [2.24, 2.45) is 5.73 Å². The van der Waals surface area contributed by atoms with Gasteiger partial charge in [-0.15, -0.1) is 12.4 Å². The van der Waals surface area contributed by atoms with E-state index >= 15 is 0 Å². The van der Waals surface area contributed by atoms with Gasteiger partial charge in [-0.1, -0.05) is 35.0 Å². The number of benzene rings is 1. The van der Waals surface area contributed by atoms with Crippen LogP contribution in [-0.4, -0.2) is 19.9 Å². The molecule has 1 saturated carbocycles. The molecule has 0 radical (unpaired) electrons. The second-order valence-electron chi connectivity index (χ2n) is 7.92. The van der Waals surface area contributed by atoms with Crippen LogP contribution in [0.15, 0.2) is 35.0 Å². The molecule has 6 nitrogen and oxygen atoms in total. The van der Waals surface area contributed by atoms with Crippen molar-refractivity contribution in [1.82, 2.24) is 19.9 Å². The minimum Gasteiger partial charge on any atom is -0.334 e. The predicted octanol–water partition coefficient (Wildman–Crippen LogP) is 4.77. The van der Waals surface area contributed by atoms with E-state index in [4.69, 9.17) is 27.0 Å². The van der Waals surface area contributed by atoms with E-state index in [-0.39, 0.29) is 17.9 Å². The quantitative estimate of drug-likeness (QED) is 0.675. The summed E-state index contributed by atoms with van der Waals surface area (Å²) >= 11 is 6.42. The molecule has 0 amide bonds. The van der Waals surface area contributed by atoms with Gasteiger partial charge in [-0.2, -0.15) is 10.1 Å². The van der Waals surface area contributed by atoms with Crippen molar-refractivity contribution in [2.45, 2.75) is 51.1 Å². The summed E-state index contributed by atoms with van der Waals surface area (Å²) in [7, 11) is 0. The highest BCUT2D eigenvalue weighted by molar-refractivity contribution is 6.33. The monoisotopic (exact) mass is 407 g/mol. The average molecular weight is 408 g/mol. The van der Waals surface area contributed by atoms with Crippen LogP contribution in [0.2, 0.25) is 5.02 Å². The van der Waals surface area contributed by atoms with Gasteiger partial charge in [-0.3, -0.25) is 4.68 Å². The molecule has 2 aromatic heterocycles. The normalized spacial score (nSPS) is 15.9. The Morgan fingerprint density at radius 2 is 1.89 bits per heavy atom.